The van der Waals surface area contributed by atoms with Crippen LogP contribution in [0.2, 0.25) is 0 Å². The minimum absolute atomic E-state index is 0.0439. The molecule has 0 saturated heterocycles. The van der Waals surface area contributed by atoms with Gasteiger partial charge in [-0.25, -0.2) is 0 Å². The van der Waals surface area contributed by atoms with Crippen molar-refractivity contribution in [1.82, 2.24) is 0 Å². The second-order valence-electron chi connectivity index (χ2n) is 5.85. The quantitative estimate of drug-likeness (QED) is 0.374. The largest absolute Gasteiger partial charge is 0.508 e. The van der Waals surface area contributed by atoms with E-state index in [2.05, 4.69) is 0 Å². The Kier molecular flexibility index (Phi) is 5.47. The molecule has 7 heteroatoms. The second-order valence-corrected chi connectivity index (χ2v) is 7.39. The average molecular weight is 396 g/mol. The first-order chi connectivity index (χ1) is 13.3. The Morgan fingerprint density at radius 3 is 2.18 bits per heavy atom. The summed E-state index contributed by atoms with van der Waals surface area (Å²) in [7, 11) is -4.10. The van der Waals surface area contributed by atoms with Crippen LogP contribution in [0, 0.1) is 0 Å². The van der Waals surface area contributed by atoms with E-state index < -0.39 is 10.1 Å². The van der Waals surface area contributed by atoms with E-state index in [4.69, 9.17) is 4.18 Å². The summed E-state index contributed by atoms with van der Waals surface area (Å²) in [6.07, 6.45) is 2.99. The molecule has 0 saturated carbocycles. The highest BCUT2D eigenvalue weighted by molar-refractivity contribution is 7.87. The smallest absolute Gasteiger partial charge is 0.339 e. The van der Waals surface area contributed by atoms with Gasteiger partial charge in [-0.15, -0.1) is 0 Å². The fourth-order valence-electron chi connectivity index (χ4n) is 2.34. The van der Waals surface area contributed by atoms with Crippen molar-refractivity contribution in [2.45, 2.75) is 4.90 Å². The molecule has 0 aliphatic carbocycles. The predicted molar refractivity (Wildman–Crippen MR) is 104 cm³/mol. The zero-order valence-corrected chi connectivity index (χ0v) is 15.3. The summed E-state index contributed by atoms with van der Waals surface area (Å²) < 4.78 is 29.5. The average Bonchev–Trinajstić information content (AvgIpc) is 2.67. The van der Waals surface area contributed by atoms with Crippen molar-refractivity contribution in [3.8, 4) is 17.2 Å². The molecular formula is C21H16O6S. The monoisotopic (exact) mass is 396 g/mol. The van der Waals surface area contributed by atoms with Gasteiger partial charge in [0.2, 0.25) is 0 Å². The summed E-state index contributed by atoms with van der Waals surface area (Å²) in [5.74, 6) is -0.274. The van der Waals surface area contributed by atoms with Gasteiger partial charge in [-0.05, 0) is 60.2 Å². The molecule has 3 aromatic rings. The molecule has 0 radical (unpaired) electrons. The van der Waals surface area contributed by atoms with E-state index in [-0.39, 0.29) is 27.9 Å². The van der Waals surface area contributed by atoms with Crippen LogP contribution in [0.4, 0.5) is 0 Å². The van der Waals surface area contributed by atoms with Crippen LogP contribution in [-0.2, 0) is 10.1 Å². The van der Waals surface area contributed by atoms with E-state index in [1.165, 1.54) is 60.7 Å². The lowest BCUT2D eigenvalue weighted by atomic mass is 10.1. The zero-order valence-electron chi connectivity index (χ0n) is 14.5. The number of ketones is 1. The highest BCUT2D eigenvalue weighted by atomic mass is 32.2. The van der Waals surface area contributed by atoms with E-state index in [1.54, 1.807) is 18.2 Å². The highest BCUT2D eigenvalue weighted by Gasteiger charge is 2.17. The fourth-order valence-corrected chi connectivity index (χ4v) is 3.31. The van der Waals surface area contributed by atoms with Gasteiger partial charge in [0.15, 0.2) is 5.78 Å². The van der Waals surface area contributed by atoms with Gasteiger partial charge < -0.3 is 14.4 Å². The molecule has 0 aromatic heterocycles. The molecule has 2 N–H and O–H groups in total. The van der Waals surface area contributed by atoms with Crippen LogP contribution >= 0.6 is 0 Å². The first kappa shape index (κ1) is 19.2. The predicted octanol–water partition coefficient (Wildman–Crippen LogP) is 3.76. The molecule has 0 atom stereocenters. The number of benzene rings is 3. The molecule has 6 nitrogen and oxygen atoms in total. The summed E-state index contributed by atoms with van der Waals surface area (Å²) in [6, 6.07) is 17.2. The molecule has 0 aliphatic rings. The molecule has 0 fully saturated rings. The molecule has 3 aromatic carbocycles. The Balaban J connectivity index is 1.70. The Labute approximate surface area is 162 Å². The maximum Gasteiger partial charge on any atom is 0.339 e. The SMILES string of the molecule is O=C(/C=C/c1ccc(O)cc1)c1ccc(OS(=O)(=O)c2cccc(O)c2)cc1. The van der Waals surface area contributed by atoms with Crippen molar-refractivity contribution >= 4 is 22.0 Å². The molecule has 142 valence electrons. The van der Waals surface area contributed by atoms with Crippen LogP contribution in [0.5, 0.6) is 17.2 Å². The lowest BCUT2D eigenvalue weighted by Crippen LogP contribution is -2.09. The van der Waals surface area contributed by atoms with E-state index >= 15 is 0 Å². The van der Waals surface area contributed by atoms with Crippen LogP contribution in [-0.4, -0.2) is 24.4 Å². The van der Waals surface area contributed by atoms with Crippen molar-refractivity contribution in [3.05, 3.63) is 90.0 Å². The number of allylic oxidation sites excluding steroid dienone is 1. The van der Waals surface area contributed by atoms with Crippen LogP contribution in [0.25, 0.3) is 6.08 Å². The normalized spacial score (nSPS) is 11.4. The number of rotatable bonds is 6. The van der Waals surface area contributed by atoms with Gasteiger partial charge in [-0.3, -0.25) is 4.79 Å². The van der Waals surface area contributed by atoms with E-state index in [9.17, 15) is 23.4 Å². The van der Waals surface area contributed by atoms with Crippen molar-refractivity contribution in [3.63, 3.8) is 0 Å². The Morgan fingerprint density at radius 2 is 1.54 bits per heavy atom. The van der Waals surface area contributed by atoms with E-state index in [1.807, 2.05) is 0 Å². The third kappa shape index (κ3) is 4.77. The molecule has 3 rings (SSSR count). The topological polar surface area (TPSA) is 101 Å². The summed E-state index contributed by atoms with van der Waals surface area (Å²) in [5.41, 5.74) is 1.11. The van der Waals surface area contributed by atoms with Crippen LogP contribution in [0.15, 0.2) is 83.8 Å². The van der Waals surface area contributed by atoms with Gasteiger partial charge in [0.25, 0.3) is 0 Å². The summed E-state index contributed by atoms with van der Waals surface area (Å²) >= 11 is 0. The van der Waals surface area contributed by atoms with Gasteiger partial charge in [0.05, 0.1) is 0 Å². The Bertz CT molecular complexity index is 1110. The van der Waals surface area contributed by atoms with E-state index in [0.29, 0.717) is 5.56 Å². The van der Waals surface area contributed by atoms with Crippen molar-refractivity contribution in [2.75, 3.05) is 0 Å². The van der Waals surface area contributed by atoms with Gasteiger partial charge in [0.1, 0.15) is 22.1 Å². The number of hydrogen-bond donors (Lipinski definition) is 2. The lowest BCUT2D eigenvalue weighted by Gasteiger charge is -2.07. The molecule has 0 bridgehead atoms. The summed E-state index contributed by atoms with van der Waals surface area (Å²) in [5, 5.41) is 18.7. The summed E-state index contributed by atoms with van der Waals surface area (Å²) in [6.45, 7) is 0. The van der Waals surface area contributed by atoms with Crippen molar-refractivity contribution in [2.24, 2.45) is 0 Å². The molecule has 0 spiro atoms. The number of aromatic hydroxyl groups is 2. The Hall–Kier alpha value is -3.58. The first-order valence-electron chi connectivity index (χ1n) is 8.18. The number of phenolic OH excluding ortho intramolecular Hbond substituents is 2. The van der Waals surface area contributed by atoms with Crippen LogP contribution < -0.4 is 4.18 Å². The lowest BCUT2D eigenvalue weighted by molar-refractivity contribution is 0.104. The third-order valence-electron chi connectivity index (χ3n) is 3.77. The van der Waals surface area contributed by atoms with Gasteiger partial charge >= 0.3 is 10.1 Å². The van der Waals surface area contributed by atoms with Gasteiger partial charge in [0, 0.05) is 11.6 Å². The number of phenols is 2. The minimum Gasteiger partial charge on any atom is -0.508 e. The molecular weight excluding hydrogens is 380 g/mol. The molecule has 0 aliphatic heterocycles. The second kappa shape index (κ2) is 7.98. The van der Waals surface area contributed by atoms with Gasteiger partial charge in [-0.1, -0.05) is 24.3 Å². The molecule has 0 amide bonds. The minimum atomic E-state index is -4.10. The standard InChI is InChI=1S/C21H16O6S/c22-17-9-4-15(5-10-17)6-13-21(24)16-7-11-19(12-8-16)27-28(25,26)20-3-1-2-18(23)14-20/h1-14,22-23H/b13-6+. The zero-order chi connectivity index (χ0) is 20.1. The molecule has 0 heterocycles. The third-order valence-corrected chi connectivity index (χ3v) is 5.01. The number of carbonyl (C=O) groups is 1. The molecule has 28 heavy (non-hydrogen) atoms. The van der Waals surface area contributed by atoms with E-state index in [0.717, 1.165) is 11.6 Å². The highest BCUT2D eigenvalue weighted by Crippen LogP contribution is 2.22. The van der Waals surface area contributed by atoms with Crippen molar-refractivity contribution < 1.29 is 27.6 Å². The fraction of sp³-hybridized carbons (Fsp3) is 0. The first-order valence-corrected chi connectivity index (χ1v) is 9.59. The number of hydrogen-bond acceptors (Lipinski definition) is 6. The Morgan fingerprint density at radius 1 is 0.857 bits per heavy atom. The number of carbonyl (C=O) groups excluding carboxylic acids is 1. The maximum atomic E-state index is 12.2. The maximum absolute atomic E-state index is 12.2. The van der Waals surface area contributed by atoms with Crippen LogP contribution in [0.1, 0.15) is 15.9 Å². The van der Waals surface area contributed by atoms with Crippen LogP contribution in [0.3, 0.4) is 0 Å². The molecule has 0 unspecified atom stereocenters. The van der Waals surface area contributed by atoms with Crippen molar-refractivity contribution in [1.29, 1.82) is 0 Å². The van der Waals surface area contributed by atoms with Gasteiger partial charge in [-0.2, -0.15) is 8.42 Å². The summed E-state index contributed by atoms with van der Waals surface area (Å²) in [4.78, 5) is 12.0.